The second-order valence-electron chi connectivity index (χ2n) is 6.04. The Morgan fingerprint density at radius 1 is 1.17 bits per heavy atom. The zero-order valence-corrected chi connectivity index (χ0v) is 13.3. The minimum Gasteiger partial charge on any atom is -0.335 e. The van der Waals surface area contributed by atoms with Gasteiger partial charge in [-0.15, -0.1) is 10.2 Å². The Morgan fingerprint density at radius 3 is 2.83 bits per heavy atom. The number of amides is 2. The van der Waals surface area contributed by atoms with E-state index in [0.717, 1.165) is 24.6 Å². The number of carbonyl (C=O) groups is 2. The van der Waals surface area contributed by atoms with Gasteiger partial charge in [-0.3, -0.25) is 14.6 Å². The molecule has 8 nitrogen and oxygen atoms in total. The molecule has 2 aromatic heterocycles. The zero-order chi connectivity index (χ0) is 16.5. The van der Waals surface area contributed by atoms with Crippen molar-refractivity contribution < 1.29 is 9.59 Å². The largest absolute Gasteiger partial charge is 0.335 e. The number of rotatable bonds is 3. The Kier molecular flexibility index (Phi) is 3.72. The highest BCUT2D eigenvalue weighted by molar-refractivity contribution is 5.92. The Labute approximate surface area is 139 Å². The molecule has 2 aromatic rings. The number of hydrogen-bond donors (Lipinski definition) is 0. The van der Waals surface area contributed by atoms with E-state index in [9.17, 15) is 9.59 Å². The lowest BCUT2D eigenvalue weighted by molar-refractivity contribution is -0.128. The topological polar surface area (TPSA) is 84.2 Å². The first-order chi connectivity index (χ1) is 11.7. The van der Waals surface area contributed by atoms with Crippen LogP contribution in [0.4, 0.5) is 0 Å². The monoisotopic (exact) mass is 326 g/mol. The van der Waals surface area contributed by atoms with E-state index >= 15 is 0 Å². The summed E-state index contributed by atoms with van der Waals surface area (Å²) in [5.41, 5.74) is 0.438. The summed E-state index contributed by atoms with van der Waals surface area (Å²) in [7, 11) is 0. The summed E-state index contributed by atoms with van der Waals surface area (Å²) >= 11 is 0. The molecule has 0 atom stereocenters. The van der Waals surface area contributed by atoms with Gasteiger partial charge < -0.3 is 14.4 Å². The van der Waals surface area contributed by atoms with Gasteiger partial charge in [-0.1, -0.05) is 6.07 Å². The minimum atomic E-state index is -0.0962. The third-order valence-electron chi connectivity index (χ3n) is 4.50. The van der Waals surface area contributed by atoms with Crippen LogP contribution in [0.3, 0.4) is 0 Å². The second kappa shape index (κ2) is 6.03. The highest BCUT2D eigenvalue weighted by Gasteiger charge is 2.28. The maximum absolute atomic E-state index is 12.5. The van der Waals surface area contributed by atoms with Crippen molar-refractivity contribution in [2.24, 2.45) is 0 Å². The van der Waals surface area contributed by atoms with Gasteiger partial charge in [0.1, 0.15) is 5.69 Å². The molecular formula is C16H18N6O2. The van der Waals surface area contributed by atoms with Crippen LogP contribution in [0.1, 0.15) is 35.0 Å². The standard InChI is InChI=1S/C16H18N6O2/c23-15-5-3-7-20(15)10-13-18-19-14-11-21(8-9-22(13)14)16(24)12-4-1-2-6-17-12/h1-2,4,6H,3,5,7-11H2. The van der Waals surface area contributed by atoms with Crippen LogP contribution >= 0.6 is 0 Å². The molecule has 2 amide bonds. The van der Waals surface area contributed by atoms with Crippen LogP contribution in [-0.2, 0) is 24.4 Å². The fourth-order valence-corrected chi connectivity index (χ4v) is 3.20. The Hall–Kier alpha value is -2.77. The summed E-state index contributed by atoms with van der Waals surface area (Å²) < 4.78 is 2.02. The molecule has 0 aromatic carbocycles. The number of likely N-dealkylation sites (tertiary alicyclic amines) is 1. The van der Waals surface area contributed by atoms with E-state index in [0.29, 0.717) is 38.3 Å². The maximum Gasteiger partial charge on any atom is 0.272 e. The van der Waals surface area contributed by atoms with E-state index in [4.69, 9.17) is 0 Å². The molecule has 124 valence electrons. The van der Waals surface area contributed by atoms with Gasteiger partial charge in [0.05, 0.1) is 13.1 Å². The van der Waals surface area contributed by atoms with Crippen molar-refractivity contribution in [1.82, 2.24) is 29.5 Å². The van der Waals surface area contributed by atoms with Crippen LogP contribution in [-0.4, -0.2) is 54.5 Å². The lowest BCUT2D eigenvalue weighted by atomic mass is 10.2. The van der Waals surface area contributed by atoms with Gasteiger partial charge in [0.25, 0.3) is 5.91 Å². The third kappa shape index (κ3) is 2.64. The highest BCUT2D eigenvalue weighted by Crippen LogP contribution is 2.18. The van der Waals surface area contributed by atoms with E-state index in [1.54, 1.807) is 29.3 Å². The van der Waals surface area contributed by atoms with Gasteiger partial charge in [0.2, 0.25) is 5.91 Å². The molecule has 2 aliphatic rings. The fourth-order valence-electron chi connectivity index (χ4n) is 3.20. The summed E-state index contributed by atoms with van der Waals surface area (Å²) in [4.78, 5) is 31.9. The molecule has 0 saturated carbocycles. The van der Waals surface area contributed by atoms with Crippen LogP contribution in [0.15, 0.2) is 24.4 Å². The second-order valence-corrected chi connectivity index (χ2v) is 6.04. The fraction of sp³-hybridized carbons (Fsp3) is 0.438. The van der Waals surface area contributed by atoms with Crippen molar-refractivity contribution in [2.75, 3.05) is 13.1 Å². The molecule has 0 aliphatic carbocycles. The van der Waals surface area contributed by atoms with Crippen molar-refractivity contribution in [3.05, 3.63) is 41.7 Å². The molecule has 1 saturated heterocycles. The molecule has 8 heteroatoms. The van der Waals surface area contributed by atoms with Crippen LogP contribution in [0.5, 0.6) is 0 Å². The van der Waals surface area contributed by atoms with E-state index in [1.165, 1.54) is 0 Å². The van der Waals surface area contributed by atoms with Crippen molar-refractivity contribution in [3.8, 4) is 0 Å². The first-order valence-electron chi connectivity index (χ1n) is 8.11. The summed E-state index contributed by atoms with van der Waals surface area (Å²) in [6.45, 7) is 2.92. The molecule has 4 heterocycles. The molecule has 4 rings (SSSR count). The highest BCUT2D eigenvalue weighted by atomic mass is 16.2. The molecule has 24 heavy (non-hydrogen) atoms. The van der Waals surface area contributed by atoms with Gasteiger partial charge in [0, 0.05) is 32.3 Å². The average molecular weight is 326 g/mol. The molecule has 0 bridgehead atoms. The lowest BCUT2D eigenvalue weighted by Gasteiger charge is -2.28. The number of fused-ring (bicyclic) bond motifs is 1. The number of hydrogen-bond acceptors (Lipinski definition) is 5. The SMILES string of the molecule is O=C1CCCN1Cc1nnc2n1CCN(C(=O)c1ccccn1)C2. The number of pyridine rings is 1. The predicted molar refractivity (Wildman–Crippen MR) is 83.7 cm³/mol. The van der Waals surface area contributed by atoms with Gasteiger partial charge in [-0.2, -0.15) is 0 Å². The molecule has 0 unspecified atom stereocenters. The van der Waals surface area contributed by atoms with Crippen molar-refractivity contribution in [3.63, 3.8) is 0 Å². The predicted octanol–water partition coefficient (Wildman–Crippen LogP) is 0.451. The van der Waals surface area contributed by atoms with Crippen LogP contribution in [0.25, 0.3) is 0 Å². The number of aromatic nitrogens is 4. The third-order valence-corrected chi connectivity index (χ3v) is 4.50. The zero-order valence-electron chi connectivity index (χ0n) is 13.3. The quantitative estimate of drug-likeness (QED) is 0.818. The molecule has 2 aliphatic heterocycles. The van der Waals surface area contributed by atoms with Gasteiger partial charge in [-0.25, -0.2) is 0 Å². The van der Waals surface area contributed by atoms with Gasteiger partial charge in [-0.05, 0) is 18.6 Å². The minimum absolute atomic E-state index is 0.0962. The number of carbonyl (C=O) groups excluding carboxylic acids is 2. The van der Waals surface area contributed by atoms with E-state index in [2.05, 4.69) is 15.2 Å². The van der Waals surface area contributed by atoms with Crippen molar-refractivity contribution in [2.45, 2.75) is 32.5 Å². The molecular weight excluding hydrogens is 308 g/mol. The Bertz CT molecular complexity index is 772. The summed E-state index contributed by atoms with van der Waals surface area (Å²) in [6.07, 6.45) is 3.14. The van der Waals surface area contributed by atoms with Crippen LogP contribution < -0.4 is 0 Å². The average Bonchev–Trinajstić information content (AvgIpc) is 3.21. The van der Waals surface area contributed by atoms with Crippen molar-refractivity contribution >= 4 is 11.8 Å². The van der Waals surface area contributed by atoms with E-state index in [1.807, 2.05) is 9.47 Å². The maximum atomic E-state index is 12.5. The summed E-state index contributed by atoms with van der Waals surface area (Å²) in [5.74, 6) is 1.63. The first kappa shape index (κ1) is 14.8. The van der Waals surface area contributed by atoms with E-state index < -0.39 is 0 Å². The van der Waals surface area contributed by atoms with Crippen LogP contribution in [0, 0.1) is 0 Å². The molecule has 0 spiro atoms. The number of nitrogens with zero attached hydrogens (tertiary/aromatic N) is 6. The lowest BCUT2D eigenvalue weighted by Crippen LogP contribution is -2.39. The van der Waals surface area contributed by atoms with E-state index in [-0.39, 0.29) is 11.8 Å². The van der Waals surface area contributed by atoms with Crippen LogP contribution in [0.2, 0.25) is 0 Å². The first-order valence-corrected chi connectivity index (χ1v) is 8.11. The molecule has 0 N–H and O–H groups in total. The van der Waals surface area contributed by atoms with Gasteiger partial charge in [0.15, 0.2) is 11.6 Å². The Balaban J connectivity index is 1.48. The Morgan fingerprint density at radius 2 is 2.08 bits per heavy atom. The van der Waals surface area contributed by atoms with Crippen molar-refractivity contribution in [1.29, 1.82) is 0 Å². The molecule has 0 radical (unpaired) electrons. The smallest absolute Gasteiger partial charge is 0.272 e. The molecule has 1 fully saturated rings. The summed E-state index contributed by atoms with van der Waals surface area (Å²) in [6, 6.07) is 5.31. The van der Waals surface area contributed by atoms with Gasteiger partial charge >= 0.3 is 0 Å². The summed E-state index contributed by atoms with van der Waals surface area (Å²) in [5, 5.41) is 8.44. The normalized spacial score (nSPS) is 17.2.